The number of H-pyrrole nitrogens is 1. The van der Waals surface area contributed by atoms with Gasteiger partial charge in [0.15, 0.2) is 5.78 Å². The van der Waals surface area contributed by atoms with Crippen LogP contribution in [0.25, 0.3) is 10.9 Å². The number of aromatic nitrogens is 1. The number of aromatic amines is 1. The molecule has 4 heteroatoms. The van der Waals surface area contributed by atoms with Crippen LogP contribution in [0, 0.1) is 0 Å². The molecular weight excluding hydrogens is 334 g/mol. The Morgan fingerprint density at radius 2 is 1.95 bits per heavy atom. The van der Waals surface area contributed by atoms with Crippen LogP contribution in [0.15, 0.2) is 58.0 Å². The Labute approximate surface area is 129 Å². The Balaban J connectivity index is 2.13. The fourth-order valence-electron chi connectivity index (χ4n) is 2.26. The second-order valence-corrected chi connectivity index (χ2v) is 6.19. The SMILES string of the molecule is CSc1ccccc1C(=O)c1c[nH]c2cc(Br)ccc12. The normalized spacial score (nSPS) is 10.9. The lowest BCUT2D eigenvalue weighted by atomic mass is 10.0. The van der Waals surface area contributed by atoms with Crippen molar-refractivity contribution in [3.8, 4) is 0 Å². The molecule has 1 N–H and O–H groups in total. The quantitative estimate of drug-likeness (QED) is 0.541. The van der Waals surface area contributed by atoms with Crippen molar-refractivity contribution in [2.75, 3.05) is 6.26 Å². The first kappa shape index (κ1) is 13.5. The summed E-state index contributed by atoms with van der Waals surface area (Å²) in [7, 11) is 0. The van der Waals surface area contributed by atoms with E-state index in [-0.39, 0.29) is 5.78 Å². The molecule has 2 aromatic carbocycles. The number of ketones is 1. The highest BCUT2D eigenvalue weighted by molar-refractivity contribution is 9.10. The van der Waals surface area contributed by atoms with Gasteiger partial charge in [-0.3, -0.25) is 4.79 Å². The molecule has 1 heterocycles. The van der Waals surface area contributed by atoms with Crippen molar-refractivity contribution in [2.24, 2.45) is 0 Å². The summed E-state index contributed by atoms with van der Waals surface area (Å²) in [6.07, 6.45) is 3.77. The van der Waals surface area contributed by atoms with Crippen molar-refractivity contribution in [3.63, 3.8) is 0 Å². The Kier molecular flexibility index (Phi) is 3.68. The maximum Gasteiger partial charge on any atom is 0.196 e. The maximum absolute atomic E-state index is 12.7. The first-order valence-electron chi connectivity index (χ1n) is 6.15. The Morgan fingerprint density at radius 3 is 2.75 bits per heavy atom. The number of carbonyl (C=O) groups is 1. The zero-order valence-electron chi connectivity index (χ0n) is 10.8. The summed E-state index contributed by atoms with van der Waals surface area (Å²) >= 11 is 5.03. The van der Waals surface area contributed by atoms with Gasteiger partial charge >= 0.3 is 0 Å². The van der Waals surface area contributed by atoms with E-state index in [4.69, 9.17) is 0 Å². The molecule has 100 valence electrons. The number of fused-ring (bicyclic) bond motifs is 1. The smallest absolute Gasteiger partial charge is 0.196 e. The molecule has 2 nitrogen and oxygen atoms in total. The number of rotatable bonds is 3. The van der Waals surface area contributed by atoms with Crippen LogP contribution in [0.3, 0.4) is 0 Å². The van der Waals surface area contributed by atoms with Gasteiger partial charge in [0.25, 0.3) is 0 Å². The van der Waals surface area contributed by atoms with Gasteiger partial charge < -0.3 is 4.98 Å². The highest BCUT2D eigenvalue weighted by Gasteiger charge is 2.16. The van der Waals surface area contributed by atoms with Crippen LogP contribution < -0.4 is 0 Å². The zero-order chi connectivity index (χ0) is 14.1. The van der Waals surface area contributed by atoms with E-state index in [0.29, 0.717) is 5.56 Å². The Morgan fingerprint density at radius 1 is 1.15 bits per heavy atom. The lowest BCUT2D eigenvalue weighted by molar-refractivity contribution is 0.103. The van der Waals surface area contributed by atoms with Crippen molar-refractivity contribution >= 4 is 44.4 Å². The maximum atomic E-state index is 12.7. The average molecular weight is 346 g/mol. The minimum Gasteiger partial charge on any atom is -0.360 e. The molecule has 1 aromatic heterocycles. The molecule has 0 saturated heterocycles. The average Bonchev–Trinajstić information content (AvgIpc) is 2.89. The zero-order valence-corrected chi connectivity index (χ0v) is 13.2. The molecule has 0 amide bonds. The minimum atomic E-state index is 0.0588. The number of hydrogen-bond acceptors (Lipinski definition) is 2. The van der Waals surface area contributed by atoms with Crippen molar-refractivity contribution in [1.82, 2.24) is 4.98 Å². The summed E-state index contributed by atoms with van der Waals surface area (Å²) in [6.45, 7) is 0. The minimum absolute atomic E-state index is 0.0588. The van der Waals surface area contributed by atoms with Gasteiger partial charge in [-0.25, -0.2) is 0 Å². The number of nitrogens with one attached hydrogen (secondary N) is 1. The third-order valence-corrected chi connectivity index (χ3v) is 4.53. The molecule has 20 heavy (non-hydrogen) atoms. The predicted octanol–water partition coefficient (Wildman–Crippen LogP) is 4.88. The standard InChI is InChI=1S/C16H12BrNOS/c1-20-15-5-3-2-4-12(15)16(19)13-9-18-14-8-10(17)6-7-11(13)14/h2-9,18H,1H3. The fourth-order valence-corrected chi connectivity index (χ4v) is 3.22. The summed E-state index contributed by atoms with van der Waals surface area (Å²) in [6, 6.07) is 13.6. The van der Waals surface area contributed by atoms with Gasteiger partial charge in [-0.05, 0) is 30.5 Å². The van der Waals surface area contributed by atoms with Crippen LogP contribution in [0.2, 0.25) is 0 Å². The Bertz CT molecular complexity index is 794. The van der Waals surface area contributed by atoms with E-state index in [2.05, 4.69) is 20.9 Å². The first-order chi connectivity index (χ1) is 9.70. The molecule has 0 saturated carbocycles. The van der Waals surface area contributed by atoms with E-state index < -0.39 is 0 Å². The van der Waals surface area contributed by atoms with E-state index >= 15 is 0 Å². The third kappa shape index (κ3) is 2.30. The monoisotopic (exact) mass is 345 g/mol. The topological polar surface area (TPSA) is 32.9 Å². The lowest BCUT2D eigenvalue weighted by Gasteiger charge is -2.05. The molecule has 3 rings (SSSR count). The molecule has 0 atom stereocenters. The highest BCUT2D eigenvalue weighted by Crippen LogP contribution is 2.27. The number of thioether (sulfide) groups is 1. The fraction of sp³-hybridized carbons (Fsp3) is 0.0625. The van der Waals surface area contributed by atoms with Crippen molar-refractivity contribution in [2.45, 2.75) is 4.90 Å². The molecule has 0 unspecified atom stereocenters. The van der Waals surface area contributed by atoms with Crippen LogP contribution in [0.1, 0.15) is 15.9 Å². The summed E-state index contributed by atoms with van der Waals surface area (Å²) in [5.41, 5.74) is 2.43. The van der Waals surface area contributed by atoms with Gasteiger partial charge in [0.05, 0.1) is 0 Å². The molecule has 0 fully saturated rings. The van der Waals surface area contributed by atoms with Gasteiger partial charge in [-0.1, -0.05) is 34.1 Å². The van der Waals surface area contributed by atoms with E-state index in [1.807, 2.05) is 48.7 Å². The summed E-state index contributed by atoms with van der Waals surface area (Å²) in [5.74, 6) is 0.0588. The van der Waals surface area contributed by atoms with Gasteiger partial charge in [0.2, 0.25) is 0 Å². The summed E-state index contributed by atoms with van der Waals surface area (Å²) < 4.78 is 0.996. The first-order valence-corrected chi connectivity index (χ1v) is 8.17. The van der Waals surface area contributed by atoms with Crippen LogP contribution in [-0.4, -0.2) is 17.0 Å². The number of carbonyl (C=O) groups excluding carboxylic acids is 1. The van der Waals surface area contributed by atoms with Gasteiger partial charge in [0.1, 0.15) is 0 Å². The van der Waals surface area contributed by atoms with Crippen molar-refractivity contribution < 1.29 is 4.79 Å². The van der Waals surface area contributed by atoms with Crippen molar-refractivity contribution in [3.05, 3.63) is 64.3 Å². The molecule has 0 aliphatic carbocycles. The summed E-state index contributed by atoms with van der Waals surface area (Å²) in [5, 5.41) is 0.953. The van der Waals surface area contributed by atoms with Crippen LogP contribution in [0.5, 0.6) is 0 Å². The van der Waals surface area contributed by atoms with E-state index in [9.17, 15) is 4.79 Å². The van der Waals surface area contributed by atoms with Gasteiger partial charge in [-0.15, -0.1) is 11.8 Å². The molecule has 0 bridgehead atoms. The van der Waals surface area contributed by atoms with Gasteiger partial charge in [0, 0.05) is 37.6 Å². The second kappa shape index (κ2) is 5.46. The molecule has 0 aliphatic rings. The van der Waals surface area contributed by atoms with E-state index in [1.54, 1.807) is 18.0 Å². The van der Waals surface area contributed by atoms with Crippen LogP contribution in [-0.2, 0) is 0 Å². The number of hydrogen-bond donors (Lipinski definition) is 1. The molecule has 3 aromatic rings. The second-order valence-electron chi connectivity index (χ2n) is 4.42. The summed E-state index contributed by atoms with van der Waals surface area (Å²) in [4.78, 5) is 16.9. The highest BCUT2D eigenvalue weighted by atomic mass is 79.9. The Hall–Kier alpha value is -1.52. The number of halogens is 1. The third-order valence-electron chi connectivity index (χ3n) is 3.24. The molecule has 0 aliphatic heterocycles. The van der Waals surface area contributed by atoms with Crippen molar-refractivity contribution in [1.29, 1.82) is 0 Å². The molecule has 0 spiro atoms. The van der Waals surface area contributed by atoms with Crippen LogP contribution >= 0.6 is 27.7 Å². The lowest BCUT2D eigenvalue weighted by Crippen LogP contribution is -2.02. The van der Waals surface area contributed by atoms with E-state index in [1.165, 1.54) is 0 Å². The molecule has 0 radical (unpaired) electrons. The van der Waals surface area contributed by atoms with Gasteiger partial charge in [-0.2, -0.15) is 0 Å². The largest absolute Gasteiger partial charge is 0.360 e. The van der Waals surface area contributed by atoms with Crippen LogP contribution in [0.4, 0.5) is 0 Å². The van der Waals surface area contributed by atoms with E-state index in [0.717, 1.165) is 25.8 Å². The predicted molar refractivity (Wildman–Crippen MR) is 87.7 cm³/mol. The number of benzene rings is 2. The molecular formula is C16H12BrNOS.